The van der Waals surface area contributed by atoms with E-state index >= 15 is 0 Å². The molecule has 3 amide bonds. The first-order valence-corrected chi connectivity index (χ1v) is 17.5. The predicted octanol–water partition coefficient (Wildman–Crippen LogP) is 0.812. The number of methoxy groups -OCH3 is 1. The smallest absolute Gasteiger partial charge is 0.253 e. The average Bonchev–Trinajstić information content (AvgIpc) is 3.46. The molecule has 2 aliphatic heterocycles. The number of nitrogens with zero attached hydrogens (tertiary/aromatic N) is 2. The number of rotatable bonds is 12. The summed E-state index contributed by atoms with van der Waals surface area (Å²) in [5, 5.41) is 60.5. The van der Waals surface area contributed by atoms with Crippen molar-refractivity contribution in [2.75, 3.05) is 20.3 Å². The van der Waals surface area contributed by atoms with Gasteiger partial charge >= 0.3 is 0 Å². The highest BCUT2D eigenvalue weighted by Gasteiger charge is 2.49. The van der Waals surface area contributed by atoms with Gasteiger partial charge in [0.25, 0.3) is 11.8 Å². The van der Waals surface area contributed by atoms with Crippen LogP contribution in [0.4, 0.5) is 0 Å². The fraction of sp³-hybridized carbons (Fsp3) is 0.459. The summed E-state index contributed by atoms with van der Waals surface area (Å²) in [7, 11) is 1.32. The van der Waals surface area contributed by atoms with Crippen LogP contribution in [0.5, 0.6) is 17.2 Å². The third kappa shape index (κ3) is 7.73. The number of carbonyl (C=O) groups is 5. The Kier molecular flexibility index (Phi) is 12.5. The molecule has 0 bridgehead atoms. The molecule has 2 aromatic carbocycles. The third-order valence-electron chi connectivity index (χ3n) is 10.3. The van der Waals surface area contributed by atoms with E-state index in [0.29, 0.717) is 19.3 Å². The lowest BCUT2D eigenvalue weighted by atomic mass is 9.71. The summed E-state index contributed by atoms with van der Waals surface area (Å²) in [6, 6.07) is 3.57. The average molecular weight is 787 g/mol. The van der Waals surface area contributed by atoms with E-state index in [4.69, 9.17) is 19.9 Å². The van der Waals surface area contributed by atoms with E-state index in [1.54, 1.807) is 6.92 Å². The van der Waals surface area contributed by atoms with Crippen molar-refractivity contribution < 1.29 is 63.7 Å². The lowest BCUT2D eigenvalue weighted by Crippen LogP contribution is -2.53. The maximum atomic E-state index is 14.0. The van der Waals surface area contributed by atoms with Gasteiger partial charge in [0.1, 0.15) is 22.8 Å². The Labute approximate surface area is 321 Å². The number of nitrogens with two attached hydrogens (primary N) is 1. The van der Waals surface area contributed by atoms with Crippen LogP contribution in [0.15, 0.2) is 35.5 Å². The summed E-state index contributed by atoms with van der Waals surface area (Å²) in [6.07, 6.45) is -1.56. The Balaban J connectivity index is 0.00000580. The molecule has 55 heavy (non-hydrogen) atoms. The molecule has 2 aromatic rings. The zero-order valence-electron chi connectivity index (χ0n) is 30.0. The molecule has 4 aliphatic rings. The number of aliphatic hydroxyl groups is 3. The summed E-state index contributed by atoms with van der Waals surface area (Å²) >= 11 is 0. The van der Waals surface area contributed by atoms with Crippen LogP contribution < -0.4 is 15.9 Å². The number of phenols is 2. The van der Waals surface area contributed by atoms with E-state index in [2.05, 4.69) is 10.5 Å². The van der Waals surface area contributed by atoms with Crippen molar-refractivity contribution in [3.05, 3.63) is 63.7 Å². The summed E-state index contributed by atoms with van der Waals surface area (Å²) in [5.41, 5.74) is 4.46. The molecule has 6 rings (SSSR count). The number of fused-ring (bicyclic) bond motifs is 3. The maximum absolute atomic E-state index is 14.0. The SMILES string of the molecule is COc1cccc2c1C(=O)c1c(O)c3c(c(O)c1C2=O)C[C@@](O)(/C(CO)=N\NC(=O)CCCCCN1C(=O)C=CC1=O)C[C@@H]3O[C@H]1C[C@H](N)[C@@H](O)[C@H](C)O1.Cl. The number of hydrazone groups is 1. The lowest BCUT2D eigenvalue weighted by Gasteiger charge is -2.43. The number of carbonyl (C=O) groups excluding carboxylic acids is 5. The van der Waals surface area contributed by atoms with Gasteiger partial charge in [0, 0.05) is 67.1 Å². The molecule has 1 saturated heterocycles. The fourth-order valence-electron chi connectivity index (χ4n) is 7.47. The molecule has 0 spiro atoms. The number of benzene rings is 2. The first-order chi connectivity index (χ1) is 25.7. The number of aromatic hydroxyl groups is 2. The minimum absolute atomic E-state index is 0. The third-order valence-corrected chi connectivity index (χ3v) is 10.3. The molecule has 296 valence electrons. The largest absolute Gasteiger partial charge is 0.507 e. The number of unbranched alkanes of at least 4 members (excludes halogenated alkanes) is 2. The first kappa shape index (κ1) is 41.4. The van der Waals surface area contributed by atoms with Gasteiger partial charge in [-0.05, 0) is 25.8 Å². The maximum Gasteiger partial charge on any atom is 0.253 e. The van der Waals surface area contributed by atoms with Crippen molar-refractivity contribution in [2.24, 2.45) is 10.8 Å². The number of aliphatic hydroxyl groups excluding tert-OH is 2. The highest BCUT2D eigenvalue weighted by Crippen LogP contribution is 2.52. The number of imide groups is 1. The van der Waals surface area contributed by atoms with Crippen molar-refractivity contribution >= 4 is 47.4 Å². The first-order valence-electron chi connectivity index (χ1n) is 17.5. The molecule has 2 aliphatic carbocycles. The number of amides is 3. The van der Waals surface area contributed by atoms with Crippen LogP contribution in [0, 0.1) is 0 Å². The second-order valence-corrected chi connectivity index (χ2v) is 13.8. The number of ether oxygens (including phenoxy) is 3. The van der Waals surface area contributed by atoms with Crippen LogP contribution in [-0.2, 0) is 30.3 Å². The zero-order valence-corrected chi connectivity index (χ0v) is 30.8. The Morgan fingerprint density at radius 2 is 1.75 bits per heavy atom. The summed E-state index contributed by atoms with van der Waals surface area (Å²) in [5.74, 6) is -4.25. The van der Waals surface area contributed by atoms with Crippen molar-refractivity contribution in [1.82, 2.24) is 10.3 Å². The number of halogens is 1. The topological polar surface area (TPSA) is 268 Å². The van der Waals surface area contributed by atoms with Gasteiger partial charge in [-0.25, -0.2) is 5.43 Å². The van der Waals surface area contributed by atoms with Crippen molar-refractivity contribution in [3.8, 4) is 17.2 Å². The fourth-order valence-corrected chi connectivity index (χ4v) is 7.47. The Hall–Kier alpha value is -4.75. The van der Waals surface area contributed by atoms with Crippen LogP contribution in [-0.4, -0.2) is 116 Å². The number of hydrogen-bond donors (Lipinski definition) is 7. The zero-order chi connectivity index (χ0) is 39.1. The second-order valence-electron chi connectivity index (χ2n) is 13.8. The van der Waals surface area contributed by atoms with Gasteiger partial charge in [-0.15, -0.1) is 12.4 Å². The lowest BCUT2D eigenvalue weighted by molar-refractivity contribution is -0.245. The molecule has 0 aromatic heterocycles. The van der Waals surface area contributed by atoms with Gasteiger partial charge in [0.05, 0.1) is 54.4 Å². The van der Waals surface area contributed by atoms with Gasteiger partial charge in [0.2, 0.25) is 11.7 Å². The summed E-state index contributed by atoms with van der Waals surface area (Å²) < 4.78 is 17.4. The highest BCUT2D eigenvalue weighted by molar-refractivity contribution is 6.31. The highest BCUT2D eigenvalue weighted by atomic mass is 35.5. The van der Waals surface area contributed by atoms with Crippen molar-refractivity contribution in [2.45, 2.75) is 88.1 Å². The van der Waals surface area contributed by atoms with Gasteiger partial charge in [-0.1, -0.05) is 18.6 Å². The summed E-state index contributed by atoms with van der Waals surface area (Å²) in [6.45, 7) is 0.910. The van der Waals surface area contributed by atoms with E-state index < -0.39 is 108 Å². The minimum atomic E-state index is -2.16. The van der Waals surface area contributed by atoms with E-state index in [0.717, 1.165) is 4.90 Å². The number of ketones is 2. The molecule has 8 N–H and O–H groups in total. The molecular weight excluding hydrogens is 744 g/mol. The number of nitrogens with one attached hydrogen (secondary N) is 1. The molecule has 0 radical (unpaired) electrons. The predicted molar refractivity (Wildman–Crippen MR) is 194 cm³/mol. The van der Waals surface area contributed by atoms with Crippen molar-refractivity contribution in [3.63, 3.8) is 0 Å². The van der Waals surface area contributed by atoms with E-state index in [1.807, 2.05) is 0 Å². The molecular formula is C37H43ClN4O13. The standard InChI is InChI=1S/C37H42N4O13.ClH/c1-17-32(46)20(38)13-27(53-17)54-22-15-37(51,23(16-42)39-40-24(43)9-4-3-5-12-41-25(44)10-11-26(41)45)14-19-29(22)36(50)31-30(34(19)48)33(47)18-7-6-8-21(52-2)28(18)35(31)49;/h6-8,10-11,17,20,22,27,32,42,46,48,50-51H,3-5,9,12-16,38H2,1-2H3,(H,40,43);1H/b39-23-;/t17-,20-,22-,27-,32-,37-;/m0./s1. The van der Waals surface area contributed by atoms with Crippen LogP contribution in [0.1, 0.15) is 94.5 Å². The quantitative estimate of drug-likeness (QED) is 0.0441. The van der Waals surface area contributed by atoms with Crippen LogP contribution in [0.2, 0.25) is 0 Å². The minimum Gasteiger partial charge on any atom is -0.507 e. The van der Waals surface area contributed by atoms with Crippen LogP contribution >= 0.6 is 12.4 Å². The number of hydrogen-bond acceptors (Lipinski definition) is 15. The van der Waals surface area contributed by atoms with E-state index in [1.165, 1.54) is 37.5 Å². The monoisotopic (exact) mass is 786 g/mol. The van der Waals surface area contributed by atoms with E-state index in [-0.39, 0.29) is 65.5 Å². The van der Waals surface area contributed by atoms with Gasteiger partial charge in [-0.2, -0.15) is 5.10 Å². The normalized spacial score (nSPS) is 26.0. The molecule has 2 heterocycles. The van der Waals surface area contributed by atoms with Gasteiger partial charge in [-0.3, -0.25) is 28.9 Å². The van der Waals surface area contributed by atoms with Crippen LogP contribution in [0.3, 0.4) is 0 Å². The Morgan fingerprint density at radius 1 is 1.05 bits per heavy atom. The molecule has 17 nitrogen and oxygen atoms in total. The number of phenolic OH excluding ortho intramolecular Hbond substituents is 2. The molecule has 0 unspecified atom stereocenters. The van der Waals surface area contributed by atoms with Gasteiger partial charge < -0.3 is 45.5 Å². The van der Waals surface area contributed by atoms with Crippen molar-refractivity contribution in [1.29, 1.82) is 0 Å². The van der Waals surface area contributed by atoms with Crippen LogP contribution in [0.25, 0.3) is 0 Å². The molecule has 1 fully saturated rings. The molecule has 0 saturated carbocycles. The molecule has 18 heteroatoms. The van der Waals surface area contributed by atoms with Gasteiger partial charge in [0.15, 0.2) is 12.1 Å². The molecule has 6 atom stereocenters. The second kappa shape index (κ2) is 16.5. The summed E-state index contributed by atoms with van der Waals surface area (Å²) in [4.78, 5) is 65.1. The van der Waals surface area contributed by atoms with E-state index in [9.17, 15) is 49.5 Å². The Bertz CT molecular complexity index is 1940. The Morgan fingerprint density at radius 3 is 2.40 bits per heavy atom.